The van der Waals surface area contributed by atoms with Crippen molar-refractivity contribution in [3.63, 3.8) is 0 Å². The monoisotopic (exact) mass is 250 g/mol. The summed E-state index contributed by atoms with van der Waals surface area (Å²) in [6.07, 6.45) is 0. The molecule has 4 heteroatoms. The summed E-state index contributed by atoms with van der Waals surface area (Å²) in [7, 11) is 1.51. The van der Waals surface area contributed by atoms with E-state index in [1.807, 2.05) is 0 Å². The third-order valence-corrected chi connectivity index (χ3v) is 2.69. The first-order valence-electron chi connectivity index (χ1n) is 5.06. The van der Waals surface area contributed by atoms with Gasteiger partial charge in [0.25, 0.3) is 0 Å². The van der Waals surface area contributed by atoms with E-state index in [0.29, 0.717) is 27.9 Å². The smallest absolute Gasteiger partial charge is 0.228 e. The van der Waals surface area contributed by atoms with E-state index in [-0.39, 0.29) is 5.78 Å². The zero-order chi connectivity index (χ0) is 12.4. The zero-order valence-electron chi connectivity index (χ0n) is 9.49. The van der Waals surface area contributed by atoms with E-state index in [1.165, 1.54) is 7.11 Å². The number of hydrogen-bond donors (Lipinski definition) is 0. The van der Waals surface area contributed by atoms with Crippen LogP contribution in [0.15, 0.2) is 34.7 Å². The van der Waals surface area contributed by atoms with Crippen molar-refractivity contribution in [3.8, 4) is 5.75 Å². The van der Waals surface area contributed by atoms with Crippen molar-refractivity contribution in [1.29, 1.82) is 0 Å². The lowest BCUT2D eigenvalue weighted by Crippen LogP contribution is -2.00. The molecule has 0 radical (unpaired) electrons. The fraction of sp³-hybridized carbons (Fsp3) is 0.154. The highest BCUT2D eigenvalue weighted by molar-refractivity contribution is 6.32. The average molecular weight is 251 g/mol. The number of carbonyl (C=O) groups excluding carboxylic acids is 1. The molecule has 0 aliphatic rings. The van der Waals surface area contributed by atoms with Gasteiger partial charge in [-0.25, -0.2) is 0 Å². The Morgan fingerprint density at radius 1 is 1.29 bits per heavy atom. The Labute approximate surface area is 104 Å². The zero-order valence-corrected chi connectivity index (χ0v) is 10.2. The van der Waals surface area contributed by atoms with Gasteiger partial charge in [-0.1, -0.05) is 11.6 Å². The Kier molecular flexibility index (Phi) is 3.20. The van der Waals surface area contributed by atoms with Crippen molar-refractivity contribution in [1.82, 2.24) is 0 Å². The summed E-state index contributed by atoms with van der Waals surface area (Å²) in [5, 5.41) is 0.472. The summed E-state index contributed by atoms with van der Waals surface area (Å²) in [5.74, 6) is 1.30. The van der Waals surface area contributed by atoms with E-state index in [1.54, 1.807) is 37.3 Å². The van der Waals surface area contributed by atoms with Gasteiger partial charge in [-0.3, -0.25) is 4.79 Å². The van der Waals surface area contributed by atoms with Crippen LogP contribution in [0.2, 0.25) is 5.02 Å². The highest BCUT2D eigenvalue weighted by Crippen LogP contribution is 2.26. The number of carbonyl (C=O) groups is 1. The van der Waals surface area contributed by atoms with Crippen LogP contribution in [-0.4, -0.2) is 12.9 Å². The second-order valence-corrected chi connectivity index (χ2v) is 4.00. The number of benzene rings is 1. The lowest BCUT2D eigenvalue weighted by Gasteiger charge is -2.04. The molecule has 0 N–H and O–H groups in total. The third kappa shape index (κ3) is 2.34. The van der Waals surface area contributed by atoms with Gasteiger partial charge in [0.2, 0.25) is 5.78 Å². The number of furan rings is 1. The number of aryl methyl sites for hydroxylation is 1. The van der Waals surface area contributed by atoms with Gasteiger partial charge in [-0.15, -0.1) is 0 Å². The number of methoxy groups -OCH3 is 1. The molecule has 0 saturated carbocycles. The molecule has 2 rings (SSSR count). The van der Waals surface area contributed by atoms with Gasteiger partial charge in [0.15, 0.2) is 5.76 Å². The molecule has 0 aliphatic heterocycles. The molecule has 0 aliphatic carbocycles. The molecule has 0 bridgehead atoms. The highest BCUT2D eigenvalue weighted by Gasteiger charge is 2.14. The Morgan fingerprint density at radius 2 is 2.06 bits per heavy atom. The molecule has 1 aromatic heterocycles. The molecule has 2 aromatic rings. The molecule has 0 spiro atoms. The molecule has 17 heavy (non-hydrogen) atoms. The number of ether oxygens (including phenoxy) is 1. The summed E-state index contributed by atoms with van der Waals surface area (Å²) in [5.41, 5.74) is 0.487. The molecular formula is C13H11ClO3. The van der Waals surface area contributed by atoms with Gasteiger partial charge in [0.1, 0.15) is 11.5 Å². The van der Waals surface area contributed by atoms with Crippen molar-refractivity contribution in [2.75, 3.05) is 7.11 Å². The molecule has 3 nitrogen and oxygen atoms in total. The Bertz CT molecular complexity index is 558. The molecule has 0 saturated heterocycles. The lowest BCUT2D eigenvalue weighted by atomic mass is 10.1. The summed E-state index contributed by atoms with van der Waals surface area (Å²) in [6.45, 7) is 1.79. The van der Waals surface area contributed by atoms with Crippen LogP contribution in [-0.2, 0) is 0 Å². The minimum atomic E-state index is -0.187. The molecule has 0 amide bonds. The predicted octanol–water partition coefficient (Wildman–Crippen LogP) is 3.48. The van der Waals surface area contributed by atoms with Gasteiger partial charge in [-0.2, -0.15) is 0 Å². The number of ketones is 1. The standard InChI is InChI=1S/C13H11ClO3/c1-8-3-6-11(17-8)13(15)9-4-5-10(14)12(7-9)16-2/h3-7H,1-2H3. The molecule has 0 atom stereocenters. The van der Waals surface area contributed by atoms with Crippen LogP contribution in [0.1, 0.15) is 21.9 Å². The number of rotatable bonds is 3. The second-order valence-electron chi connectivity index (χ2n) is 3.59. The first kappa shape index (κ1) is 11.7. The minimum absolute atomic E-state index is 0.187. The fourth-order valence-corrected chi connectivity index (χ4v) is 1.69. The van der Waals surface area contributed by atoms with Crippen LogP contribution in [0.5, 0.6) is 5.75 Å². The van der Waals surface area contributed by atoms with Crippen molar-refractivity contribution in [3.05, 3.63) is 52.4 Å². The maximum absolute atomic E-state index is 12.0. The van der Waals surface area contributed by atoms with Crippen LogP contribution in [0.3, 0.4) is 0 Å². The third-order valence-electron chi connectivity index (χ3n) is 2.38. The van der Waals surface area contributed by atoms with Crippen LogP contribution < -0.4 is 4.74 Å². The van der Waals surface area contributed by atoms with Crippen molar-refractivity contribution < 1.29 is 13.9 Å². The molecule has 1 aromatic carbocycles. The van der Waals surface area contributed by atoms with Crippen molar-refractivity contribution >= 4 is 17.4 Å². The summed E-state index contributed by atoms with van der Waals surface area (Å²) < 4.78 is 10.3. The molecular weight excluding hydrogens is 240 g/mol. The van der Waals surface area contributed by atoms with Crippen LogP contribution in [0, 0.1) is 6.92 Å². The predicted molar refractivity (Wildman–Crippen MR) is 64.9 cm³/mol. The lowest BCUT2D eigenvalue weighted by molar-refractivity contribution is 0.101. The van der Waals surface area contributed by atoms with Gasteiger partial charge in [0, 0.05) is 5.56 Å². The summed E-state index contributed by atoms with van der Waals surface area (Å²) >= 11 is 5.89. The van der Waals surface area contributed by atoms with Gasteiger partial charge in [0.05, 0.1) is 12.1 Å². The number of halogens is 1. The van der Waals surface area contributed by atoms with Crippen molar-refractivity contribution in [2.45, 2.75) is 6.92 Å². The van der Waals surface area contributed by atoms with E-state index < -0.39 is 0 Å². The normalized spacial score (nSPS) is 10.3. The highest BCUT2D eigenvalue weighted by atomic mass is 35.5. The molecule has 0 unspecified atom stereocenters. The van der Waals surface area contributed by atoms with E-state index in [4.69, 9.17) is 20.8 Å². The maximum Gasteiger partial charge on any atom is 0.228 e. The van der Waals surface area contributed by atoms with E-state index in [2.05, 4.69) is 0 Å². The van der Waals surface area contributed by atoms with Gasteiger partial charge < -0.3 is 9.15 Å². The molecule has 1 heterocycles. The maximum atomic E-state index is 12.0. The summed E-state index contributed by atoms with van der Waals surface area (Å²) in [6, 6.07) is 8.27. The van der Waals surface area contributed by atoms with E-state index in [9.17, 15) is 4.79 Å². The SMILES string of the molecule is COc1cc(C(=O)c2ccc(C)o2)ccc1Cl. The van der Waals surface area contributed by atoms with Crippen LogP contribution >= 0.6 is 11.6 Å². The largest absolute Gasteiger partial charge is 0.495 e. The number of hydrogen-bond acceptors (Lipinski definition) is 3. The first-order chi connectivity index (χ1) is 8.11. The second kappa shape index (κ2) is 4.63. The van der Waals surface area contributed by atoms with Crippen LogP contribution in [0.4, 0.5) is 0 Å². The Hall–Kier alpha value is -1.74. The Balaban J connectivity index is 2.37. The Morgan fingerprint density at radius 3 is 2.65 bits per heavy atom. The van der Waals surface area contributed by atoms with E-state index >= 15 is 0 Å². The van der Waals surface area contributed by atoms with Gasteiger partial charge >= 0.3 is 0 Å². The first-order valence-corrected chi connectivity index (χ1v) is 5.44. The fourth-order valence-electron chi connectivity index (χ4n) is 1.50. The van der Waals surface area contributed by atoms with Crippen LogP contribution in [0.25, 0.3) is 0 Å². The average Bonchev–Trinajstić information content (AvgIpc) is 2.75. The summed E-state index contributed by atoms with van der Waals surface area (Å²) in [4.78, 5) is 12.0. The molecule has 88 valence electrons. The van der Waals surface area contributed by atoms with Gasteiger partial charge in [-0.05, 0) is 37.3 Å². The van der Waals surface area contributed by atoms with E-state index in [0.717, 1.165) is 0 Å². The topological polar surface area (TPSA) is 39.4 Å². The molecule has 0 fully saturated rings. The van der Waals surface area contributed by atoms with Crippen molar-refractivity contribution in [2.24, 2.45) is 0 Å². The quantitative estimate of drug-likeness (QED) is 0.783. The minimum Gasteiger partial charge on any atom is -0.495 e.